The van der Waals surface area contributed by atoms with E-state index in [9.17, 15) is 0 Å². The van der Waals surface area contributed by atoms with E-state index in [0.717, 1.165) is 24.1 Å². The second kappa shape index (κ2) is 6.99. The van der Waals surface area contributed by atoms with Crippen molar-refractivity contribution in [1.29, 1.82) is 0 Å². The van der Waals surface area contributed by atoms with E-state index in [4.69, 9.17) is 4.74 Å². The molecule has 0 aliphatic heterocycles. The third-order valence-corrected chi connectivity index (χ3v) is 3.12. The highest BCUT2D eigenvalue weighted by Gasteiger charge is 2.13. The van der Waals surface area contributed by atoms with Gasteiger partial charge in [0, 0.05) is 6.07 Å². The van der Waals surface area contributed by atoms with Gasteiger partial charge in [-0.05, 0) is 12.5 Å². The average molecular weight is 276 g/mol. The minimum Gasteiger partial charge on any atom is -0.471 e. The van der Waals surface area contributed by atoms with Crippen LogP contribution in [0.15, 0.2) is 36.7 Å². The lowest BCUT2D eigenvalue weighted by molar-refractivity contribution is -0.671. The summed E-state index contributed by atoms with van der Waals surface area (Å²) in [7, 11) is 1.98. The Balaban J connectivity index is 2.05. The fourth-order valence-electron chi connectivity index (χ4n) is 1.66. The van der Waals surface area contributed by atoms with Gasteiger partial charge in [-0.15, -0.1) is 4.37 Å². The smallest absolute Gasteiger partial charge is 0.254 e. The summed E-state index contributed by atoms with van der Waals surface area (Å²) in [5.41, 5.74) is 1.83. The SMILES string of the molecule is CCC/C=C/COc1nsnc1-c1ccc[n+](C)c1. The number of ether oxygens (including phenoxy) is 1. The molecule has 100 valence electrons. The predicted molar refractivity (Wildman–Crippen MR) is 76.1 cm³/mol. The van der Waals surface area contributed by atoms with Gasteiger partial charge in [-0.3, -0.25) is 0 Å². The number of aromatic nitrogens is 3. The van der Waals surface area contributed by atoms with Gasteiger partial charge in [-0.2, -0.15) is 4.37 Å². The van der Waals surface area contributed by atoms with Gasteiger partial charge in [-0.25, -0.2) is 4.57 Å². The lowest BCUT2D eigenvalue weighted by atomic mass is 10.2. The summed E-state index contributed by atoms with van der Waals surface area (Å²) in [5, 5.41) is 0. The number of rotatable bonds is 6. The van der Waals surface area contributed by atoms with Gasteiger partial charge < -0.3 is 4.74 Å². The van der Waals surface area contributed by atoms with Crippen LogP contribution in [0.25, 0.3) is 11.3 Å². The van der Waals surface area contributed by atoms with Crippen LogP contribution in [-0.4, -0.2) is 15.4 Å². The molecule has 0 saturated heterocycles. The Morgan fingerprint density at radius 2 is 2.26 bits per heavy atom. The fraction of sp³-hybridized carbons (Fsp3) is 0.357. The van der Waals surface area contributed by atoms with Gasteiger partial charge in [0.1, 0.15) is 13.7 Å². The minimum absolute atomic E-state index is 0.539. The molecule has 0 fully saturated rings. The first-order chi connectivity index (χ1) is 9.31. The molecule has 0 N–H and O–H groups in total. The summed E-state index contributed by atoms with van der Waals surface area (Å²) in [4.78, 5) is 0. The molecule has 0 amide bonds. The summed E-state index contributed by atoms with van der Waals surface area (Å²) in [6.45, 7) is 2.69. The monoisotopic (exact) mass is 276 g/mol. The number of pyridine rings is 1. The number of allylic oxidation sites excluding steroid dienone is 1. The van der Waals surface area contributed by atoms with E-state index in [0.29, 0.717) is 12.5 Å². The quantitative estimate of drug-likeness (QED) is 0.601. The van der Waals surface area contributed by atoms with Gasteiger partial charge in [0.05, 0.1) is 17.3 Å². The molecule has 2 aromatic heterocycles. The highest BCUT2D eigenvalue weighted by molar-refractivity contribution is 6.99. The van der Waals surface area contributed by atoms with Crippen LogP contribution in [0, 0.1) is 0 Å². The van der Waals surface area contributed by atoms with E-state index in [1.165, 1.54) is 11.7 Å². The summed E-state index contributed by atoms with van der Waals surface area (Å²) in [6.07, 6.45) is 10.4. The van der Waals surface area contributed by atoms with Crippen molar-refractivity contribution >= 4 is 11.7 Å². The molecule has 2 rings (SSSR count). The van der Waals surface area contributed by atoms with E-state index >= 15 is 0 Å². The average Bonchev–Trinajstić information content (AvgIpc) is 2.87. The maximum atomic E-state index is 5.66. The standard InChI is InChI=1S/C14H18N3OS/c1-3-4-5-6-10-18-14-13(15-19-16-14)12-8-7-9-17(2)11-12/h5-9,11H,3-4,10H2,1-2H3/q+1/b6-5+. The van der Waals surface area contributed by atoms with E-state index in [-0.39, 0.29) is 0 Å². The number of unbranched alkanes of at least 4 members (excludes halogenated alkanes) is 1. The largest absolute Gasteiger partial charge is 0.471 e. The Labute approximate surface area is 117 Å². The summed E-state index contributed by atoms with van der Waals surface area (Å²) < 4.78 is 16.2. The molecule has 5 heteroatoms. The Kier molecular flexibility index (Phi) is 5.03. The number of aryl methyl sites for hydroxylation is 1. The summed E-state index contributed by atoms with van der Waals surface area (Å²) in [6, 6.07) is 4.00. The molecule has 0 unspecified atom stereocenters. The van der Waals surface area contributed by atoms with E-state index in [1.54, 1.807) is 0 Å². The molecular weight excluding hydrogens is 258 g/mol. The van der Waals surface area contributed by atoms with Crippen LogP contribution < -0.4 is 9.30 Å². The molecule has 2 aromatic rings. The van der Waals surface area contributed by atoms with E-state index in [2.05, 4.69) is 21.7 Å². The van der Waals surface area contributed by atoms with Gasteiger partial charge in [0.15, 0.2) is 18.1 Å². The van der Waals surface area contributed by atoms with Crippen LogP contribution in [0.2, 0.25) is 0 Å². The fourth-order valence-corrected chi connectivity index (χ4v) is 2.18. The predicted octanol–water partition coefficient (Wildman–Crippen LogP) is 2.76. The first-order valence-electron chi connectivity index (χ1n) is 6.37. The van der Waals surface area contributed by atoms with Gasteiger partial charge in [-0.1, -0.05) is 25.5 Å². The molecule has 0 aliphatic rings. The third-order valence-electron chi connectivity index (χ3n) is 2.61. The lowest BCUT2D eigenvalue weighted by Crippen LogP contribution is -2.26. The van der Waals surface area contributed by atoms with E-state index in [1.807, 2.05) is 42.2 Å². The van der Waals surface area contributed by atoms with Crippen LogP contribution in [0.5, 0.6) is 5.88 Å². The number of nitrogens with zero attached hydrogens (tertiary/aromatic N) is 3. The van der Waals surface area contributed by atoms with Gasteiger partial charge >= 0.3 is 0 Å². The maximum Gasteiger partial charge on any atom is 0.254 e. The van der Waals surface area contributed by atoms with Crippen LogP contribution in [0.1, 0.15) is 19.8 Å². The van der Waals surface area contributed by atoms with Crippen molar-refractivity contribution in [2.45, 2.75) is 19.8 Å². The zero-order valence-corrected chi connectivity index (χ0v) is 12.1. The molecule has 19 heavy (non-hydrogen) atoms. The molecule has 0 radical (unpaired) electrons. The number of hydrogen-bond acceptors (Lipinski definition) is 4. The maximum absolute atomic E-state index is 5.66. The minimum atomic E-state index is 0.539. The Morgan fingerprint density at radius 3 is 3.05 bits per heavy atom. The molecular formula is C14H18N3OS+. The van der Waals surface area contributed by atoms with Crippen molar-refractivity contribution in [2.24, 2.45) is 7.05 Å². The van der Waals surface area contributed by atoms with Crippen LogP contribution in [-0.2, 0) is 7.05 Å². The molecule has 0 spiro atoms. The van der Waals surface area contributed by atoms with Crippen molar-refractivity contribution in [1.82, 2.24) is 8.75 Å². The second-order valence-corrected chi connectivity index (χ2v) is 4.78. The Morgan fingerprint density at radius 1 is 1.37 bits per heavy atom. The topological polar surface area (TPSA) is 38.9 Å². The van der Waals surface area contributed by atoms with Gasteiger partial charge in [0.25, 0.3) is 5.88 Å². The molecule has 4 nitrogen and oxygen atoms in total. The van der Waals surface area contributed by atoms with E-state index < -0.39 is 0 Å². The first-order valence-corrected chi connectivity index (χ1v) is 7.10. The third kappa shape index (κ3) is 3.86. The van der Waals surface area contributed by atoms with Crippen molar-refractivity contribution in [3.05, 3.63) is 36.7 Å². The molecule has 0 atom stereocenters. The first kappa shape index (κ1) is 13.7. The highest BCUT2D eigenvalue weighted by Crippen LogP contribution is 2.26. The molecule has 0 saturated carbocycles. The molecule has 0 aromatic carbocycles. The number of hydrogen-bond donors (Lipinski definition) is 0. The van der Waals surface area contributed by atoms with Crippen molar-refractivity contribution < 1.29 is 9.30 Å². The highest BCUT2D eigenvalue weighted by atomic mass is 32.1. The summed E-state index contributed by atoms with van der Waals surface area (Å²) in [5.74, 6) is 0.609. The van der Waals surface area contributed by atoms with Crippen molar-refractivity contribution in [3.8, 4) is 17.1 Å². The Hall–Kier alpha value is -1.75. The zero-order chi connectivity index (χ0) is 13.5. The molecule has 0 bridgehead atoms. The summed E-state index contributed by atoms with van der Waals surface area (Å²) >= 11 is 1.18. The molecule has 0 aliphatic carbocycles. The normalized spacial score (nSPS) is 11.1. The van der Waals surface area contributed by atoms with Crippen LogP contribution in [0.4, 0.5) is 0 Å². The van der Waals surface area contributed by atoms with Crippen molar-refractivity contribution in [3.63, 3.8) is 0 Å². The van der Waals surface area contributed by atoms with Crippen LogP contribution in [0.3, 0.4) is 0 Å². The second-order valence-electron chi connectivity index (χ2n) is 4.25. The van der Waals surface area contributed by atoms with Crippen molar-refractivity contribution in [2.75, 3.05) is 6.61 Å². The molecule has 2 heterocycles. The van der Waals surface area contributed by atoms with Crippen LogP contribution >= 0.6 is 11.7 Å². The van der Waals surface area contributed by atoms with Gasteiger partial charge in [0.2, 0.25) is 0 Å². The Bertz CT molecular complexity index is 551. The zero-order valence-electron chi connectivity index (χ0n) is 11.2. The lowest BCUT2D eigenvalue weighted by Gasteiger charge is -2.01.